The zero-order valence-corrected chi connectivity index (χ0v) is 17.7. The van der Waals surface area contributed by atoms with E-state index in [0.717, 1.165) is 63.1 Å². The van der Waals surface area contributed by atoms with E-state index < -0.39 is 9.84 Å². The van der Waals surface area contributed by atoms with Crippen LogP contribution in [0, 0.1) is 0 Å². The van der Waals surface area contributed by atoms with Gasteiger partial charge in [0.1, 0.15) is 11.2 Å². The molecule has 158 valence electrons. The number of aromatic amines is 1. The van der Waals surface area contributed by atoms with Crippen molar-refractivity contribution < 1.29 is 8.42 Å². The average molecular weight is 426 g/mol. The van der Waals surface area contributed by atoms with E-state index in [9.17, 15) is 8.42 Å². The van der Waals surface area contributed by atoms with E-state index in [2.05, 4.69) is 19.8 Å². The van der Waals surface area contributed by atoms with Gasteiger partial charge in [-0.3, -0.25) is 4.98 Å². The molecule has 0 unspecified atom stereocenters. The number of rotatable bonds is 4. The molecule has 0 bridgehead atoms. The molecule has 0 radical (unpaired) electrons. The quantitative estimate of drug-likeness (QED) is 0.667. The first-order valence-corrected chi connectivity index (χ1v) is 12.1. The average Bonchev–Trinajstić information content (AvgIpc) is 3.43. The monoisotopic (exact) mass is 425 g/mol. The third kappa shape index (κ3) is 3.33. The third-order valence-corrected chi connectivity index (χ3v) is 7.93. The molecule has 30 heavy (non-hydrogen) atoms. The van der Waals surface area contributed by atoms with Crippen molar-refractivity contribution in [3.63, 3.8) is 0 Å². The van der Waals surface area contributed by atoms with Crippen LogP contribution in [0.4, 0.5) is 11.4 Å². The number of pyridine rings is 1. The first-order valence-electron chi connectivity index (χ1n) is 10.6. The zero-order valence-electron chi connectivity index (χ0n) is 16.9. The van der Waals surface area contributed by atoms with Crippen LogP contribution in [0.2, 0.25) is 0 Å². The summed E-state index contributed by atoms with van der Waals surface area (Å²) >= 11 is 0. The molecule has 0 spiro atoms. The Morgan fingerprint density at radius 3 is 2.53 bits per heavy atom. The van der Waals surface area contributed by atoms with Gasteiger partial charge in [-0.15, -0.1) is 0 Å². The number of anilines is 2. The van der Waals surface area contributed by atoms with Gasteiger partial charge >= 0.3 is 0 Å². The molecular formula is C22H27N5O2S. The smallest absolute Gasteiger partial charge is 0.224 e. The molecule has 0 saturated carbocycles. The van der Waals surface area contributed by atoms with Gasteiger partial charge in [0.2, 0.25) is 9.84 Å². The maximum atomic E-state index is 13.8. The van der Waals surface area contributed by atoms with Crippen LogP contribution in [0.25, 0.3) is 11.0 Å². The maximum Gasteiger partial charge on any atom is 0.224 e. The van der Waals surface area contributed by atoms with E-state index in [4.69, 9.17) is 5.73 Å². The van der Waals surface area contributed by atoms with Crippen LogP contribution in [0.3, 0.4) is 0 Å². The summed E-state index contributed by atoms with van der Waals surface area (Å²) in [4.78, 5) is 12.3. The molecule has 3 N–H and O–H groups in total. The van der Waals surface area contributed by atoms with Crippen molar-refractivity contribution >= 4 is 32.2 Å². The van der Waals surface area contributed by atoms with Crippen molar-refractivity contribution in [2.45, 2.75) is 41.6 Å². The predicted molar refractivity (Wildman–Crippen MR) is 119 cm³/mol. The largest absolute Gasteiger partial charge is 0.372 e. The summed E-state index contributed by atoms with van der Waals surface area (Å²) in [6, 6.07) is 11.2. The number of benzene rings is 1. The van der Waals surface area contributed by atoms with Crippen molar-refractivity contribution in [1.82, 2.24) is 9.97 Å². The number of nitrogens with one attached hydrogen (secondary N) is 1. The molecule has 2 saturated heterocycles. The van der Waals surface area contributed by atoms with E-state index in [1.165, 1.54) is 0 Å². The molecule has 2 aromatic heterocycles. The minimum absolute atomic E-state index is 0.164. The molecule has 0 atom stereocenters. The Labute approximate surface area is 176 Å². The fourth-order valence-electron chi connectivity index (χ4n) is 4.54. The number of hydrogen-bond donors (Lipinski definition) is 2. The fourth-order valence-corrected chi connectivity index (χ4v) is 6.03. The lowest BCUT2D eigenvalue weighted by molar-refractivity contribution is 0.499. The van der Waals surface area contributed by atoms with Crippen molar-refractivity contribution in [2.24, 2.45) is 5.73 Å². The molecule has 4 heterocycles. The van der Waals surface area contributed by atoms with Gasteiger partial charge < -0.3 is 20.5 Å². The van der Waals surface area contributed by atoms with Gasteiger partial charge in [0.25, 0.3) is 0 Å². The lowest BCUT2D eigenvalue weighted by Gasteiger charge is -2.32. The van der Waals surface area contributed by atoms with E-state index >= 15 is 0 Å². The standard InChI is InChI=1S/C22H27N5O2S/c23-16-8-13-27(14-9-16)21-20-19(7-4-10-24-20)25-22(21)30(28,29)18-6-3-5-17(15-18)26-11-1-2-12-26/h3-7,10,15-16,25H,1-2,8-9,11-14,23H2. The first kappa shape index (κ1) is 19.4. The highest BCUT2D eigenvalue weighted by Crippen LogP contribution is 2.37. The van der Waals surface area contributed by atoms with Gasteiger partial charge in [0.15, 0.2) is 5.03 Å². The minimum atomic E-state index is -3.74. The van der Waals surface area contributed by atoms with E-state index in [1.807, 2.05) is 24.3 Å². The van der Waals surface area contributed by atoms with Crippen LogP contribution in [0.5, 0.6) is 0 Å². The number of fused-ring (bicyclic) bond motifs is 1. The van der Waals surface area contributed by atoms with Crippen LogP contribution in [0.1, 0.15) is 25.7 Å². The number of nitrogens with two attached hydrogens (primary N) is 1. The molecule has 1 aromatic carbocycles. The number of nitrogens with zero attached hydrogens (tertiary/aromatic N) is 3. The summed E-state index contributed by atoms with van der Waals surface area (Å²) < 4.78 is 27.5. The Hall–Kier alpha value is -2.58. The molecule has 3 aromatic rings. The fraction of sp³-hybridized carbons (Fsp3) is 0.409. The topological polar surface area (TPSA) is 95.3 Å². The van der Waals surface area contributed by atoms with E-state index in [0.29, 0.717) is 16.1 Å². The van der Waals surface area contributed by atoms with Gasteiger partial charge in [-0.05, 0) is 56.0 Å². The van der Waals surface area contributed by atoms with Crippen LogP contribution < -0.4 is 15.5 Å². The number of aromatic nitrogens is 2. The van der Waals surface area contributed by atoms with Crippen LogP contribution in [0.15, 0.2) is 52.5 Å². The second kappa shape index (κ2) is 7.59. The predicted octanol–water partition coefficient (Wildman–Crippen LogP) is 2.92. The molecule has 0 amide bonds. The van der Waals surface area contributed by atoms with Crippen molar-refractivity contribution in [3.8, 4) is 0 Å². The van der Waals surface area contributed by atoms with Gasteiger partial charge in [-0.2, -0.15) is 0 Å². The van der Waals surface area contributed by atoms with Crippen molar-refractivity contribution in [2.75, 3.05) is 36.0 Å². The van der Waals surface area contributed by atoms with Gasteiger partial charge in [0, 0.05) is 44.1 Å². The lowest BCUT2D eigenvalue weighted by Crippen LogP contribution is -2.40. The second-order valence-electron chi connectivity index (χ2n) is 8.22. The summed E-state index contributed by atoms with van der Waals surface area (Å²) in [6.45, 7) is 3.39. The van der Waals surface area contributed by atoms with Crippen LogP contribution in [-0.4, -0.2) is 50.6 Å². The number of sulfone groups is 1. The highest BCUT2D eigenvalue weighted by molar-refractivity contribution is 7.91. The van der Waals surface area contributed by atoms with Gasteiger partial charge in [0.05, 0.1) is 10.4 Å². The summed E-state index contributed by atoms with van der Waals surface area (Å²) in [5, 5.41) is 0.227. The molecule has 2 aliphatic rings. The molecule has 8 heteroatoms. The Bertz CT molecular complexity index is 1160. The summed E-state index contributed by atoms with van der Waals surface area (Å²) in [6.07, 6.45) is 5.67. The molecule has 7 nitrogen and oxygen atoms in total. The van der Waals surface area contributed by atoms with Crippen molar-refractivity contribution in [1.29, 1.82) is 0 Å². The first-order chi connectivity index (χ1) is 14.5. The highest BCUT2D eigenvalue weighted by atomic mass is 32.2. The van der Waals surface area contributed by atoms with E-state index in [-0.39, 0.29) is 11.1 Å². The zero-order chi connectivity index (χ0) is 20.7. The summed E-state index contributed by atoms with van der Waals surface area (Å²) in [5.41, 5.74) is 9.15. The molecule has 2 fully saturated rings. The van der Waals surface area contributed by atoms with Crippen LogP contribution in [-0.2, 0) is 9.84 Å². The Morgan fingerprint density at radius 2 is 1.77 bits per heavy atom. The number of piperidine rings is 1. The minimum Gasteiger partial charge on any atom is -0.372 e. The molecular weight excluding hydrogens is 398 g/mol. The molecule has 2 aliphatic heterocycles. The summed E-state index contributed by atoms with van der Waals surface area (Å²) in [5.74, 6) is 0. The maximum absolute atomic E-state index is 13.8. The van der Waals surface area contributed by atoms with Gasteiger partial charge in [-0.25, -0.2) is 8.42 Å². The van der Waals surface area contributed by atoms with Crippen LogP contribution >= 0.6 is 0 Å². The van der Waals surface area contributed by atoms with Gasteiger partial charge in [-0.1, -0.05) is 6.07 Å². The Balaban J connectivity index is 1.61. The number of hydrogen-bond acceptors (Lipinski definition) is 6. The highest BCUT2D eigenvalue weighted by Gasteiger charge is 2.31. The third-order valence-electron chi connectivity index (χ3n) is 6.22. The van der Waals surface area contributed by atoms with Crippen molar-refractivity contribution in [3.05, 3.63) is 42.6 Å². The number of H-pyrrole nitrogens is 1. The summed E-state index contributed by atoms with van der Waals surface area (Å²) in [7, 11) is -3.74. The molecule has 0 aliphatic carbocycles. The molecule has 5 rings (SSSR count). The normalized spacial score (nSPS) is 18.4. The Morgan fingerprint density at radius 1 is 1.00 bits per heavy atom. The second-order valence-corrected chi connectivity index (χ2v) is 10.1. The van der Waals surface area contributed by atoms with E-state index in [1.54, 1.807) is 18.3 Å². The SMILES string of the molecule is NC1CCN(c2c(S(=O)(=O)c3cccc(N4CCCC4)c3)[nH]c3cccnc23)CC1. The lowest BCUT2D eigenvalue weighted by atomic mass is 10.1. The Kier molecular flexibility index (Phi) is 4.91.